The standard InChI is InChI=1S/C11H14O2/c1-3-10-6-9(2)7-11(8-10)13-5-4-12/h3,6-8,12H,1,4-5H2,2H3. The number of ether oxygens (including phenoxy) is 1. The summed E-state index contributed by atoms with van der Waals surface area (Å²) in [7, 11) is 0. The first-order chi connectivity index (χ1) is 6.26. The zero-order valence-electron chi connectivity index (χ0n) is 7.79. The third kappa shape index (κ3) is 2.92. The molecule has 0 unspecified atom stereocenters. The molecule has 1 aromatic rings. The van der Waals surface area contributed by atoms with Gasteiger partial charge in [-0.1, -0.05) is 18.7 Å². The van der Waals surface area contributed by atoms with Crippen molar-refractivity contribution in [2.45, 2.75) is 6.92 Å². The number of aryl methyl sites for hydroxylation is 1. The van der Waals surface area contributed by atoms with E-state index in [-0.39, 0.29) is 6.61 Å². The molecule has 0 saturated carbocycles. The van der Waals surface area contributed by atoms with Crippen LogP contribution in [0.1, 0.15) is 11.1 Å². The largest absolute Gasteiger partial charge is 0.491 e. The van der Waals surface area contributed by atoms with Gasteiger partial charge in [0.2, 0.25) is 0 Å². The van der Waals surface area contributed by atoms with Crippen molar-refractivity contribution in [2.24, 2.45) is 0 Å². The fourth-order valence-electron chi connectivity index (χ4n) is 1.14. The molecule has 1 aromatic carbocycles. The first-order valence-electron chi connectivity index (χ1n) is 4.24. The van der Waals surface area contributed by atoms with E-state index in [9.17, 15) is 0 Å². The molecule has 0 aliphatic heterocycles. The molecule has 70 valence electrons. The van der Waals surface area contributed by atoms with Gasteiger partial charge in [-0.2, -0.15) is 0 Å². The lowest BCUT2D eigenvalue weighted by molar-refractivity contribution is 0.201. The highest BCUT2D eigenvalue weighted by atomic mass is 16.5. The molecule has 0 amide bonds. The Morgan fingerprint density at radius 1 is 1.46 bits per heavy atom. The molecule has 0 atom stereocenters. The average molecular weight is 178 g/mol. The Labute approximate surface area is 78.5 Å². The van der Waals surface area contributed by atoms with E-state index in [0.717, 1.165) is 16.9 Å². The predicted molar refractivity (Wildman–Crippen MR) is 53.9 cm³/mol. The molecule has 0 heterocycles. The van der Waals surface area contributed by atoms with Crippen molar-refractivity contribution in [3.63, 3.8) is 0 Å². The number of aliphatic hydroxyl groups excluding tert-OH is 1. The van der Waals surface area contributed by atoms with E-state index in [1.54, 1.807) is 6.08 Å². The molecule has 13 heavy (non-hydrogen) atoms. The van der Waals surface area contributed by atoms with Crippen molar-refractivity contribution in [1.82, 2.24) is 0 Å². The Bertz CT molecular complexity index is 292. The highest BCUT2D eigenvalue weighted by molar-refractivity contribution is 5.51. The van der Waals surface area contributed by atoms with E-state index in [2.05, 4.69) is 6.58 Å². The molecule has 0 aliphatic carbocycles. The minimum Gasteiger partial charge on any atom is -0.491 e. The van der Waals surface area contributed by atoms with Gasteiger partial charge in [-0.25, -0.2) is 0 Å². The minimum absolute atomic E-state index is 0.0391. The van der Waals surface area contributed by atoms with Gasteiger partial charge in [-0.15, -0.1) is 0 Å². The molecule has 1 N–H and O–H groups in total. The first kappa shape index (κ1) is 9.81. The zero-order valence-corrected chi connectivity index (χ0v) is 7.79. The Morgan fingerprint density at radius 3 is 2.85 bits per heavy atom. The molecule has 0 saturated heterocycles. The molecule has 2 heteroatoms. The van der Waals surface area contributed by atoms with Gasteiger partial charge >= 0.3 is 0 Å². The summed E-state index contributed by atoms with van der Waals surface area (Å²) in [6, 6.07) is 5.86. The number of hydrogen-bond acceptors (Lipinski definition) is 2. The van der Waals surface area contributed by atoms with Crippen LogP contribution in [0.3, 0.4) is 0 Å². The normalized spacial score (nSPS) is 9.69. The summed E-state index contributed by atoms with van der Waals surface area (Å²) in [6.45, 7) is 6.06. The van der Waals surface area contributed by atoms with Gasteiger partial charge in [0.05, 0.1) is 6.61 Å². The van der Waals surface area contributed by atoms with Crippen molar-refractivity contribution in [2.75, 3.05) is 13.2 Å². The molecule has 1 rings (SSSR count). The van der Waals surface area contributed by atoms with E-state index in [1.807, 2.05) is 25.1 Å². The first-order valence-corrected chi connectivity index (χ1v) is 4.24. The molecule has 0 fully saturated rings. The Morgan fingerprint density at radius 2 is 2.23 bits per heavy atom. The highest BCUT2D eigenvalue weighted by Crippen LogP contribution is 2.17. The molecular formula is C11H14O2. The molecule has 0 aromatic heterocycles. The molecule has 0 bridgehead atoms. The molecule has 0 aliphatic rings. The monoisotopic (exact) mass is 178 g/mol. The van der Waals surface area contributed by atoms with E-state index in [4.69, 9.17) is 9.84 Å². The van der Waals surface area contributed by atoms with Crippen LogP contribution in [-0.2, 0) is 0 Å². The van der Waals surface area contributed by atoms with Crippen molar-refractivity contribution in [3.8, 4) is 5.75 Å². The highest BCUT2D eigenvalue weighted by Gasteiger charge is 1.96. The number of rotatable bonds is 4. The fraction of sp³-hybridized carbons (Fsp3) is 0.273. The van der Waals surface area contributed by atoms with E-state index >= 15 is 0 Å². The quantitative estimate of drug-likeness (QED) is 0.764. The molecular weight excluding hydrogens is 164 g/mol. The molecule has 2 nitrogen and oxygen atoms in total. The zero-order chi connectivity index (χ0) is 9.68. The predicted octanol–water partition coefficient (Wildman–Crippen LogP) is 2.01. The van der Waals surface area contributed by atoms with E-state index in [0.29, 0.717) is 6.61 Å². The van der Waals surface area contributed by atoms with Crippen molar-refractivity contribution >= 4 is 6.08 Å². The van der Waals surface area contributed by atoms with Crippen LogP contribution in [0.25, 0.3) is 6.08 Å². The van der Waals surface area contributed by atoms with Gasteiger partial charge in [0.15, 0.2) is 0 Å². The Kier molecular flexibility index (Phi) is 3.53. The smallest absolute Gasteiger partial charge is 0.120 e. The second-order valence-electron chi connectivity index (χ2n) is 2.86. The Balaban J connectivity index is 2.81. The van der Waals surface area contributed by atoms with Crippen molar-refractivity contribution < 1.29 is 9.84 Å². The van der Waals surface area contributed by atoms with Gasteiger partial charge < -0.3 is 9.84 Å². The van der Waals surface area contributed by atoms with Gasteiger partial charge in [-0.3, -0.25) is 0 Å². The lowest BCUT2D eigenvalue weighted by atomic mass is 10.1. The second kappa shape index (κ2) is 4.67. The molecule has 0 spiro atoms. The summed E-state index contributed by atoms with van der Waals surface area (Å²) in [5, 5.41) is 8.58. The van der Waals surface area contributed by atoms with Crippen LogP contribution in [0, 0.1) is 6.92 Å². The maximum absolute atomic E-state index is 8.58. The maximum atomic E-state index is 8.58. The SMILES string of the molecule is C=Cc1cc(C)cc(OCCO)c1. The van der Waals surface area contributed by atoms with Crippen molar-refractivity contribution in [1.29, 1.82) is 0 Å². The van der Waals surface area contributed by atoms with Crippen LogP contribution in [0.15, 0.2) is 24.8 Å². The molecule has 0 radical (unpaired) electrons. The van der Waals surface area contributed by atoms with E-state index < -0.39 is 0 Å². The summed E-state index contributed by atoms with van der Waals surface area (Å²) >= 11 is 0. The topological polar surface area (TPSA) is 29.5 Å². The van der Waals surface area contributed by atoms with Crippen LogP contribution in [0.5, 0.6) is 5.75 Å². The summed E-state index contributed by atoms with van der Waals surface area (Å²) in [4.78, 5) is 0. The third-order valence-corrected chi connectivity index (χ3v) is 1.67. The van der Waals surface area contributed by atoms with Crippen molar-refractivity contribution in [3.05, 3.63) is 35.9 Å². The van der Waals surface area contributed by atoms with Crippen LogP contribution in [0.2, 0.25) is 0 Å². The van der Waals surface area contributed by atoms with Crippen LogP contribution >= 0.6 is 0 Å². The van der Waals surface area contributed by atoms with E-state index in [1.165, 1.54) is 0 Å². The summed E-state index contributed by atoms with van der Waals surface area (Å²) in [5.41, 5.74) is 2.17. The van der Waals surface area contributed by atoms with Gasteiger partial charge in [0, 0.05) is 0 Å². The van der Waals surface area contributed by atoms with Gasteiger partial charge in [0.25, 0.3) is 0 Å². The second-order valence-corrected chi connectivity index (χ2v) is 2.86. The van der Waals surface area contributed by atoms with Gasteiger partial charge in [-0.05, 0) is 30.2 Å². The summed E-state index contributed by atoms with van der Waals surface area (Å²) < 4.78 is 5.28. The average Bonchev–Trinajstić information content (AvgIpc) is 2.14. The Hall–Kier alpha value is -1.28. The van der Waals surface area contributed by atoms with Crippen LogP contribution in [0.4, 0.5) is 0 Å². The number of hydrogen-bond donors (Lipinski definition) is 1. The lowest BCUT2D eigenvalue weighted by Gasteiger charge is -2.06. The maximum Gasteiger partial charge on any atom is 0.120 e. The van der Waals surface area contributed by atoms with Crippen LogP contribution < -0.4 is 4.74 Å². The van der Waals surface area contributed by atoms with Gasteiger partial charge in [0.1, 0.15) is 12.4 Å². The van der Waals surface area contributed by atoms with Crippen LogP contribution in [-0.4, -0.2) is 18.3 Å². The third-order valence-electron chi connectivity index (χ3n) is 1.67. The summed E-state index contributed by atoms with van der Waals surface area (Å²) in [6.07, 6.45) is 1.78. The number of aliphatic hydroxyl groups is 1. The minimum atomic E-state index is 0.0391. The lowest BCUT2D eigenvalue weighted by Crippen LogP contribution is -2.01. The number of benzene rings is 1. The fourth-order valence-corrected chi connectivity index (χ4v) is 1.14. The summed E-state index contributed by atoms with van der Waals surface area (Å²) in [5.74, 6) is 0.781.